The Morgan fingerprint density at radius 1 is 1.77 bits per heavy atom. The van der Waals surface area contributed by atoms with Crippen molar-refractivity contribution in [2.45, 2.75) is 6.92 Å². The van der Waals surface area contributed by atoms with Crippen molar-refractivity contribution in [3.05, 3.63) is 24.2 Å². The van der Waals surface area contributed by atoms with Crippen molar-refractivity contribution < 1.29 is 19.2 Å². The average Bonchev–Trinajstić information content (AvgIpc) is 2.55. The molecular weight excluding hydrogens is 174 g/mol. The van der Waals surface area contributed by atoms with Gasteiger partial charge in [-0.25, -0.2) is 4.79 Å². The van der Waals surface area contributed by atoms with Crippen LogP contribution in [0.3, 0.4) is 0 Å². The van der Waals surface area contributed by atoms with Crippen LogP contribution in [0, 0.1) is 0 Å². The predicted molar refractivity (Wildman–Crippen MR) is 44.5 cm³/mol. The fraction of sp³-hybridized carbons (Fsp3) is 0.250. The average molecular weight is 183 g/mol. The summed E-state index contributed by atoms with van der Waals surface area (Å²) >= 11 is 0. The third kappa shape index (κ3) is 2.98. The van der Waals surface area contributed by atoms with E-state index in [0.29, 0.717) is 11.5 Å². The summed E-state index contributed by atoms with van der Waals surface area (Å²) in [6, 6.07) is 3.43. The van der Waals surface area contributed by atoms with E-state index >= 15 is 0 Å². The van der Waals surface area contributed by atoms with Crippen molar-refractivity contribution in [1.29, 1.82) is 0 Å². The highest BCUT2D eigenvalue weighted by atomic mass is 16.6. The van der Waals surface area contributed by atoms with Crippen LogP contribution in [-0.4, -0.2) is 23.4 Å². The summed E-state index contributed by atoms with van der Waals surface area (Å²) < 4.78 is 4.99. The van der Waals surface area contributed by atoms with Crippen molar-refractivity contribution in [3.63, 3.8) is 0 Å². The summed E-state index contributed by atoms with van der Waals surface area (Å²) in [5.74, 6) is -0.499. The molecule has 0 spiro atoms. The fourth-order valence-electron chi connectivity index (χ4n) is 0.714. The molecule has 70 valence electrons. The Morgan fingerprint density at radius 2 is 2.54 bits per heavy atom. The maximum Gasteiger partial charge on any atom is 0.344 e. The molecule has 0 amide bonds. The molecule has 0 radical (unpaired) electrons. The van der Waals surface area contributed by atoms with Gasteiger partial charge in [0.2, 0.25) is 6.61 Å². The van der Waals surface area contributed by atoms with Gasteiger partial charge >= 0.3 is 5.97 Å². The van der Waals surface area contributed by atoms with E-state index in [0.717, 1.165) is 0 Å². The van der Waals surface area contributed by atoms with Crippen LogP contribution in [0.5, 0.6) is 0 Å². The lowest BCUT2D eigenvalue weighted by molar-refractivity contribution is -0.142. The highest BCUT2D eigenvalue weighted by Crippen LogP contribution is 2.01. The summed E-state index contributed by atoms with van der Waals surface area (Å²) in [7, 11) is 0. The minimum absolute atomic E-state index is 0.446. The lowest BCUT2D eigenvalue weighted by atomic mass is 10.3. The van der Waals surface area contributed by atoms with Crippen LogP contribution in [0.4, 0.5) is 0 Å². The number of carboxylic acid groups (broad SMARTS) is 1. The first-order chi connectivity index (χ1) is 6.20. The molecule has 0 aliphatic carbocycles. The van der Waals surface area contributed by atoms with Gasteiger partial charge in [0.15, 0.2) is 5.76 Å². The second-order valence-electron chi connectivity index (χ2n) is 2.32. The van der Waals surface area contributed by atoms with Gasteiger partial charge in [-0.05, 0) is 19.1 Å². The van der Waals surface area contributed by atoms with Gasteiger partial charge in [0.1, 0.15) is 5.71 Å². The van der Waals surface area contributed by atoms with Crippen LogP contribution in [-0.2, 0) is 9.63 Å². The molecule has 0 saturated heterocycles. The molecule has 0 aliphatic heterocycles. The molecule has 5 nitrogen and oxygen atoms in total. The van der Waals surface area contributed by atoms with Crippen LogP contribution in [0.2, 0.25) is 0 Å². The highest BCUT2D eigenvalue weighted by Gasteiger charge is 2.01. The number of carbonyl (C=O) groups is 1. The smallest absolute Gasteiger partial charge is 0.344 e. The number of hydrogen-bond acceptors (Lipinski definition) is 4. The molecule has 1 aromatic heterocycles. The molecular formula is C8H9NO4. The molecule has 0 atom stereocenters. The molecule has 1 N–H and O–H groups in total. The SMILES string of the molecule is CC(=NOCC(=O)O)c1ccco1. The number of hydrogen-bond donors (Lipinski definition) is 1. The zero-order chi connectivity index (χ0) is 9.68. The highest BCUT2D eigenvalue weighted by molar-refractivity contribution is 5.95. The van der Waals surface area contributed by atoms with Crippen molar-refractivity contribution in [3.8, 4) is 0 Å². The Labute approximate surface area is 74.6 Å². The maximum atomic E-state index is 10.0. The summed E-state index contributed by atoms with van der Waals surface area (Å²) in [6.45, 7) is 1.22. The van der Waals surface area contributed by atoms with E-state index in [2.05, 4.69) is 9.99 Å². The van der Waals surface area contributed by atoms with E-state index in [-0.39, 0.29) is 0 Å². The Bertz CT molecular complexity index is 302. The molecule has 0 aliphatic rings. The molecule has 0 bridgehead atoms. The third-order valence-corrected chi connectivity index (χ3v) is 1.27. The maximum absolute atomic E-state index is 10.0. The molecule has 5 heteroatoms. The largest absolute Gasteiger partial charge is 0.479 e. The third-order valence-electron chi connectivity index (χ3n) is 1.27. The number of furan rings is 1. The summed E-state index contributed by atoms with van der Waals surface area (Å²) in [5.41, 5.74) is 0.506. The van der Waals surface area contributed by atoms with Crippen LogP contribution < -0.4 is 0 Å². The Kier molecular flexibility index (Phi) is 3.08. The van der Waals surface area contributed by atoms with E-state index in [9.17, 15) is 4.79 Å². The monoisotopic (exact) mass is 183 g/mol. The Balaban J connectivity index is 2.48. The molecule has 1 rings (SSSR count). The van der Waals surface area contributed by atoms with E-state index < -0.39 is 12.6 Å². The topological polar surface area (TPSA) is 72.0 Å². The Morgan fingerprint density at radius 3 is 3.08 bits per heavy atom. The molecule has 0 fully saturated rings. The lowest BCUT2D eigenvalue weighted by Gasteiger charge is -1.95. The second kappa shape index (κ2) is 4.30. The van der Waals surface area contributed by atoms with Gasteiger partial charge in [0.25, 0.3) is 0 Å². The van der Waals surface area contributed by atoms with Crippen molar-refractivity contribution >= 4 is 11.7 Å². The van der Waals surface area contributed by atoms with Gasteiger partial charge in [-0.2, -0.15) is 0 Å². The summed E-state index contributed by atoms with van der Waals surface area (Å²) in [5, 5.41) is 11.8. The quantitative estimate of drug-likeness (QED) is 0.560. The number of rotatable bonds is 4. The van der Waals surface area contributed by atoms with Crippen LogP contribution in [0.25, 0.3) is 0 Å². The zero-order valence-electron chi connectivity index (χ0n) is 7.06. The first-order valence-electron chi connectivity index (χ1n) is 3.62. The standard InChI is InChI=1S/C8H9NO4/c1-6(7-3-2-4-12-7)9-13-5-8(10)11/h2-4H,5H2,1H3,(H,10,11). The van der Waals surface area contributed by atoms with Crippen LogP contribution >= 0.6 is 0 Å². The first kappa shape index (κ1) is 9.31. The Hall–Kier alpha value is -1.78. The van der Waals surface area contributed by atoms with Gasteiger partial charge in [-0.15, -0.1) is 0 Å². The number of aliphatic carboxylic acids is 1. The lowest BCUT2D eigenvalue weighted by Crippen LogP contribution is -2.05. The van der Waals surface area contributed by atoms with Crippen molar-refractivity contribution in [1.82, 2.24) is 0 Å². The minimum Gasteiger partial charge on any atom is -0.479 e. The summed E-state index contributed by atoms with van der Waals surface area (Å²) in [4.78, 5) is 14.6. The van der Waals surface area contributed by atoms with Gasteiger partial charge in [-0.1, -0.05) is 5.16 Å². The number of oxime groups is 1. The molecule has 0 saturated carbocycles. The van der Waals surface area contributed by atoms with Gasteiger partial charge in [0, 0.05) is 0 Å². The number of nitrogens with zero attached hydrogens (tertiary/aromatic N) is 1. The zero-order valence-corrected chi connectivity index (χ0v) is 7.06. The van der Waals surface area contributed by atoms with E-state index in [4.69, 9.17) is 9.52 Å². The van der Waals surface area contributed by atoms with Gasteiger partial charge in [-0.3, -0.25) is 0 Å². The summed E-state index contributed by atoms with van der Waals surface area (Å²) in [6.07, 6.45) is 1.51. The van der Waals surface area contributed by atoms with Crippen LogP contribution in [0.1, 0.15) is 12.7 Å². The van der Waals surface area contributed by atoms with Crippen molar-refractivity contribution in [2.75, 3.05) is 6.61 Å². The molecule has 1 aromatic rings. The fourth-order valence-corrected chi connectivity index (χ4v) is 0.714. The number of carboxylic acids is 1. The molecule has 0 aromatic carbocycles. The molecule has 13 heavy (non-hydrogen) atoms. The first-order valence-corrected chi connectivity index (χ1v) is 3.62. The predicted octanol–water partition coefficient (Wildman–Crippen LogP) is 1.10. The van der Waals surface area contributed by atoms with E-state index in [1.54, 1.807) is 19.1 Å². The van der Waals surface area contributed by atoms with E-state index in [1.807, 2.05) is 0 Å². The normalized spacial score (nSPS) is 11.3. The minimum atomic E-state index is -1.06. The van der Waals surface area contributed by atoms with Gasteiger partial charge < -0.3 is 14.4 Å². The van der Waals surface area contributed by atoms with Gasteiger partial charge in [0.05, 0.1) is 6.26 Å². The van der Waals surface area contributed by atoms with Crippen molar-refractivity contribution in [2.24, 2.45) is 5.16 Å². The molecule has 1 heterocycles. The second-order valence-corrected chi connectivity index (χ2v) is 2.32. The van der Waals surface area contributed by atoms with E-state index in [1.165, 1.54) is 6.26 Å². The van der Waals surface area contributed by atoms with Crippen LogP contribution in [0.15, 0.2) is 28.0 Å². The molecule has 0 unspecified atom stereocenters.